The van der Waals surface area contributed by atoms with E-state index in [1.54, 1.807) is 31.2 Å². The molecule has 0 bridgehead atoms. The second-order valence-corrected chi connectivity index (χ2v) is 7.47. The third-order valence-electron chi connectivity index (χ3n) is 4.08. The standard InChI is InChI=1S/C22H30N2O9/c1-4-31-19(27)13-17(25)23-10-11-24-18(26)14-20(28)33-32-12-9-15-5-7-16(8-6-15)21(29)22(2,3)30/h5-8,30H,4,9-14H2,1-3H3,(H,23,25)(H,24,26). The van der Waals surface area contributed by atoms with E-state index in [1.807, 2.05) is 0 Å². The van der Waals surface area contributed by atoms with Crippen molar-refractivity contribution in [2.24, 2.45) is 0 Å². The molecule has 11 heteroatoms. The SMILES string of the molecule is CCOC(=O)CC(=O)NCCNC(=O)CC(=O)OOCCc1ccc(C(=O)C(C)(C)O)cc1. The molecule has 0 atom stereocenters. The fourth-order valence-corrected chi connectivity index (χ4v) is 2.48. The Labute approximate surface area is 191 Å². The van der Waals surface area contributed by atoms with Crippen molar-refractivity contribution in [1.29, 1.82) is 0 Å². The first-order valence-electron chi connectivity index (χ1n) is 10.4. The number of benzene rings is 1. The molecular formula is C22H30N2O9. The molecule has 2 amide bonds. The normalized spacial score (nSPS) is 10.8. The van der Waals surface area contributed by atoms with Crippen LogP contribution in [0.5, 0.6) is 0 Å². The summed E-state index contributed by atoms with van der Waals surface area (Å²) in [5, 5.41) is 14.6. The van der Waals surface area contributed by atoms with Gasteiger partial charge in [-0.3, -0.25) is 24.1 Å². The van der Waals surface area contributed by atoms with Crippen LogP contribution in [0.4, 0.5) is 0 Å². The first-order chi connectivity index (χ1) is 15.5. The average Bonchev–Trinajstić information content (AvgIpc) is 2.73. The van der Waals surface area contributed by atoms with Crippen molar-refractivity contribution >= 4 is 29.5 Å². The third-order valence-corrected chi connectivity index (χ3v) is 4.08. The van der Waals surface area contributed by atoms with Crippen molar-refractivity contribution in [3.63, 3.8) is 0 Å². The van der Waals surface area contributed by atoms with E-state index >= 15 is 0 Å². The number of nitrogens with one attached hydrogen (secondary N) is 2. The number of esters is 1. The van der Waals surface area contributed by atoms with Gasteiger partial charge in [0.25, 0.3) is 0 Å². The Morgan fingerprint density at radius 2 is 1.45 bits per heavy atom. The van der Waals surface area contributed by atoms with Crippen molar-refractivity contribution < 1.29 is 43.6 Å². The minimum Gasteiger partial charge on any atom is -0.466 e. The largest absolute Gasteiger partial charge is 0.466 e. The predicted molar refractivity (Wildman–Crippen MR) is 115 cm³/mol. The number of ether oxygens (including phenoxy) is 1. The molecule has 1 rings (SSSR count). The second kappa shape index (κ2) is 14.0. The second-order valence-electron chi connectivity index (χ2n) is 7.47. The van der Waals surface area contributed by atoms with Crippen LogP contribution >= 0.6 is 0 Å². The predicted octanol–water partition coefficient (Wildman–Crippen LogP) is 0.233. The van der Waals surface area contributed by atoms with E-state index in [4.69, 9.17) is 4.89 Å². The van der Waals surface area contributed by atoms with E-state index in [-0.39, 0.29) is 26.3 Å². The summed E-state index contributed by atoms with van der Waals surface area (Å²) in [6, 6.07) is 6.57. The number of hydrogen-bond donors (Lipinski definition) is 3. The number of ketones is 1. The summed E-state index contributed by atoms with van der Waals surface area (Å²) >= 11 is 0. The Hall–Kier alpha value is -3.31. The van der Waals surface area contributed by atoms with Crippen molar-refractivity contribution in [2.45, 2.75) is 45.6 Å². The molecule has 0 aromatic heterocycles. The molecule has 0 aliphatic carbocycles. The van der Waals surface area contributed by atoms with Gasteiger partial charge in [0.05, 0.1) is 13.2 Å². The van der Waals surface area contributed by atoms with Gasteiger partial charge in [0.2, 0.25) is 11.8 Å². The fraction of sp³-hybridized carbons (Fsp3) is 0.500. The summed E-state index contributed by atoms with van der Waals surface area (Å²) in [4.78, 5) is 67.2. The molecule has 1 aromatic carbocycles. The van der Waals surface area contributed by atoms with Crippen LogP contribution in [0.1, 0.15) is 49.5 Å². The molecule has 1 aromatic rings. The monoisotopic (exact) mass is 466 g/mol. The molecular weight excluding hydrogens is 436 g/mol. The van der Waals surface area contributed by atoms with Crippen LogP contribution in [0.15, 0.2) is 24.3 Å². The molecule has 0 saturated carbocycles. The Bertz CT molecular complexity index is 829. The molecule has 0 radical (unpaired) electrons. The van der Waals surface area contributed by atoms with Gasteiger partial charge in [-0.1, -0.05) is 24.3 Å². The van der Waals surface area contributed by atoms with Crippen molar-refractivity contribution in [3.05, 3.63) is 35.4 Å². The lowest BCUT2D eigenvalue weighted by molar-refractivity contribution is -0.271. The lowest BCUT2D eigenvalue weighted by Crippen LogP contribution is -2.36. The lowest BCUT2D eigenvalue weighted by Gasteiger charge is -2.15. The quantitative estimate of drug-likeness (QED) is 0.0872. The number of hydrogen-bond acceptors (Lipinski definition) is 9. The van der Waals surface area contributed by atoms with Gasteiger partial charge >= 0.3 is 11.9 Å². The molecule has 0 unspecified atom stereocenters. The highest BCUT2D eigenvalue weighted by Gasteiger charge is 2.24. The van der Waals surface area contributed by atoms with Gasteiger partial charge in [-0.05, 0) is 32.8 Å². The van der Waals surface area contributed by atoms with Crippen LogP contribution in [-0.4, -0.2) is 66.5 Å². The zero-order valence-electron chi connectivity index (χ0n) is 19.0. The van der Waals surface area contributed by atoms with Gasteiger partial charge in [-0.25, -0.2) is 4.79 Å². The Morgan fingerprint density at radius 3 is 1.97 bits per heavy atom. The molecule has 0 heterocycles. The summed E-state index contributed by atoms with van der Waals surface area (Å²) < 4.78 is 4.64. The van der Waals surface area contributed by atoms with Crippen LogP contribution in [0, 0.1) is 0 Å². The van der Waals surface area contributed by atoms with Gasteiger partial charge in [-0.15, -0.1) is 0 Å². The van der Waals surface area contributed by atoms with Crippen LogP contribution < -0.4 is 10.6 Å². The molecule has 33 heavy (non-hydrogen) atoms. The first-order valence-corrected chi connectivity index (χ1v) is 10.4. The van der Waals surface area contributed by atoms with Gasteiger partial charge < -0.3 is 20.5 Å². The molecule has 182 valence electrons. The van der Waals surface area contributed by atoms with Crippen LogP contribution in [0.3, 0.4) is 0 Å². The maximum atomic E-state index is 12.0. The topological polar surface area (TPSA) is 157 Å². The zero-order chi connectivity index (χ0) is 24.9. The maximum absolute atomic E-state index is 12.0. The lowest BCUT2D eigenvalue weighted by atomic mass is 9.96. The third kappa shape index (κ3) is 11.8. The maximum Gasteiger partial charge on any atom is 0.351 e. The first kappa shape index (κ1) is 27.7. The number of Topliss-reactive ketones (excluding diaryl/α,β-unsaturated/α-hetero) is 1. The minimum atomic E-state index is -1.46. The molecule has 0 aliphatic heterocycles. The summed E-state index contributed by atoms with van der Waals surface area (Å²) in [6.07, 6.45) is -0.582. The van der Waals surface area contributed by atoms with E-state index in [9.17, 15) is 29.1 Å². The van der Waals surface area contributed by atoms with E-state index in [0.717, 1.165) is 5.56 Å². The smallest absolute Gasteiger partial charge is 0.351 e. The number of rotatable bonds is 14. The Kier molecular flexibility index (Phi) is 11.7. The Morgan fingerprint density at radius 1 is 0.909 bits per heavy atom. The molecule has 0 saturated heterocycles. The molecule has 0 fully saturated rings. The van der Waals surface area contributed by atoms with Crippen molar-refractivity contribution in [3.8, 4) is 0 Å². The van der Waals surface area contributed by atoms with E-state index < -0.39 is 48.0 Å². The van der Waals surface area contributed by atoms with Gasteiger partial charge in [0.1, 0.15) is 18.4 Å². The number of aliphatic hydroxyl groups is 1. The zero-order valence-corrected chi connectivity index (χ0v) is 19.0. The molecule has 3 N–H and O–H groups in total. The van der Waals surface area contributed by atoms with Crippen LogP contribution in [0.25, 0.3) is 0 Å². The average molecular weight is 466 g/mol. The van der Waals surface area contributed by atoms with E-state index in [1.165, 1.54) is 13.8 Å². The highest BCUT2D eigenvalue weighted by atomic mass is 17.2. The highest BCUT2D eigenvalue weighted by molar-refractivity contribution is 6.01. The van der Waals surface area contributed by atoms with Crippen LogP contribution in [-0.2, 0) is 40.1 Å². The molecule has 0 spiro atoms. The number of carbonyl (C=O) groups excluding carboxylic acids is 5. The van der Waals surface area contributed by atoms with E-state index in [0.29, 0.717) is 12.0 Å². The molecule has 11 nitrogen and oxygen atoms in total. The van der Waals surface area contributed by atoms with E-state index in [2.05, 4.69) is 20.3 Å². The van der Waals surface area contributed by atoms with Crippen molar-refractivity contribution in [1.82, 2.24) is 10.6 Å². The minimum absolute atomic E-state index is 0.0403. The van der Waals surface area contributed by atoms with Crippen LogP contribution in [0.2, 0.25) is 0 Å². The van der Waals surface area contributed by atoms with Gasteiger partial charge in [0.15, 0.2) is 5.78 Å². The van der Waals surface area contributed by atoms with Gasteiger partial charge in [-0.2, -0.15) is 4.89 Å². The number of amides is 2. The fourth-order valence-electron chi connectivity index (χ4n) is 2.48. The molecule has 0 aliphatic rings. The van der Waals surface area contributed by atoms with Crippen molar-refractivity contribution in [2.75, 3.05) is 26.3 Å². The number of carbonyl (C=O) groups is 5. The summed E-state index contributed by atoms with van der Waals surface area (Å²) in [7, 11) is 0. The summed E-state index contributed by atoms with van der Waals surface area (Å²) in [6.45, 7) is 4.82. The van der Waals surface area contributed by atoms with Gasteiger partial charge in [0, 0.05) is 18.7 Å². The highest BCUT2D eigenvalue weighted by Crippen LogP contribution is 2.14. The summed E-state index contributed by atoms with van der Waals surface area (Å²) in [5.41, 5.74) is -0.257. The Balaban J connectivity index is 2.18. The summed E-state index contributed by atoms with van der Waals surface area (Å²) in [5.74, 6) is -3.06.